The summed E-state index contributed by atoms with van der Waals surface area (Å²) < 4.78 is 0. The Balaban J connectivity index is 1.82. The molecule has 3 rings (SSSR count). The summed E-state index contributed by atoms with van der Waals surface area (Å²) in [5, 5.41) is 18.3. The largest absolute Gasteiger partial charge is 0.390 e. The van der Waals surface area contributed by atoms with Gasteiger partial charge in [0, 0.05) is 18.2 Å². The second-order valence-electron chi connectivity index (χ2n) is 5.02. The van der Waals surface area contributed by atoms with Crippen LogP contribution in [0.15, 0.2) is 6.07 Å². The van der Waals surface area contributed by atoms with Crippen molar-refractivity contribution in [3.63, 3.8) is 0 Å². The standard InChI is InChI=1S/C11H14ClN3O/c1-11(16)5-8(6-11)15-3-2-7-4-9(12)13-14-10(7)15/h4,8,16H,2-3,5-6H2,1H3. The van der Waals surface area contributed by atoms with Crippen LogP contribution in [0, 0.1) is 0 Å². The van der Waals surface area contributed by atoms with Crippen molar-refractivity contribution in [1.82, 2.24) is 10.2 Å². The van der Waals surface area contributed by atoms with E-state index in [0.29, 0.717) is 11.2 Å². The molecule has 1 aromatic heterocycles. The minimum absolute atomic E-state index is 0.409. The Labute approximate surface area is 99.2 Å². The Morgan fingerprint density at radius 3 is 2.94 bits per heavy atom. The average Bonchev–Trinajstić information content (AvgIpc) is 2.56. The molecule has 0 spiro atoms. The number of aliphatic hydroxyl groups is 1. The molecule has 0 unspecified atom stereocenters. The van der Waals surface area contributed by atoms with E-state index in [-0.39, 0.29) is 0 Å². The zero-order chi connectivity index (χ0) is 11.3. The van der Waals surface area contributed by atoms with Crippen LogP contribution in [0.25, 0.3) is 0 Å². The Morgan fingerprint density at radius 1 is 1.50 bits per heavy atom. The van der Waals surface area contributed by atoms with E-state index in [1.807, 2.05) is 13.0 Å². The molecule has 2 aliphatic rings. The van der Waals surface area contributed by atoms with Gasteiger partial charge in [0.25, 0.3) is 0 Å². The van der Waals surface area contributed by atoms with E-state index in [1.165, 1.54) is 5.56 Å². The number of aromatic nitrogens is 2. The minimum atomic E-state index is -0.493. The summed E-state index contributed by atoms with van der Waals surface area (Å²) in [5.74, 6) is 0.949. The predicted molar refractivity (Wildman–Crippen MR) is 61.7 cm³/mol. The third-order valence-corrected chi connectivity index (χ3v) is 3.69. The first-order valence-electron chi connectivity index (χ1n) is 5.56. The molecule has 0 radical (unpaired) electrons. The van der Waals surface area contributed by atoms with Gasteiger partial charge in [-0.05, 0) is 32.3 Å². The molecule has 1 saturated carbocycles. The number of rotatable bonds is 1. The highest BCUT2D eigenvalue weighted by Gasteiger charge is 2.43. The first-order valence-corrected chi connectivity index (χ1v) is 5.94. The van der Waals surface area contributed by atoms with Crippen molar-refractivity contribution in [2.24, 2.45) is 0 Å². The average molecular weight is 240 g/mol. The van der Waals surface area contributed by atoms with E-state index in [2.05, 4.69) is 15.1 Å². The molecule has 0 saturated heterocycles. The number of nitrogens with zero attached hydrogens (tertiary/aromatic N) is 3. The van der Waals surface area contributed by atoms with Gasteiger partial charge in [0.05, 0.1) is 5.60 Å². The third kappa shape index (κ3) is 1.57. The van der Waals surface area contributed by atoms with E-state index in [9.17, 15) is 5.11 Å². The summed E-state index contributed by atoms with van der Waals surface area (Å²) >= 11 is 5.81. The minimum Gasteiger partial charge on any atom is -0.390 e. The molecule has 0 aromatic carbocycles. The lowest BCUT2D eigenvalue weighted by atomic mass is 9.76. The molecule has 4 nitrogen and oxygen atoms in total. The molecule has 1 aromatic rings. The van der Waals surface area contributed by atoms with E-state index in [0.717, 1.165) is 31.6 Å². The van der Waals surface area contributed by atoms with Crippen molar-refractivity contribution in [2.75, 3.05) is 11.4 Å². The summed E-state index contributed by atoms with van der Waals surface area (Å²) in [6.07, 6.45) is 2.61. The third-order valence-electron chi connectivity index (χ3n) is 3.51. The number of fused-ring (bicyclic) bond motifs is 1. The fraction of sp³-hybridized carbons (Fsp3) is 0.636. The van der Waals surface area contributed by atoms with Crippen molar-refractivity contribution in [3.8, 4) is 0 Å². The lowest BCUT2D eigenvalue weighted by Crippen LogP contribution is -2.53. The summed E-state index contributed by atoms with van der Waals surface area (Å²) in [7, 11) is 0. The molecule has 0 atom stereocenters. The SMILES string of the molecule is CC1(O)CC(N2CCc3cc(Cl)nnc32)C1. The molecule has 1 aliphatic heterocycles. The topological polar surface area (TPSA) is 49.2 Å². The van der Waals surface area contributed by atoms with Crippen LogP contribution in [0.2, 0.25) is 5.15 Å². The Bertz CT molecular complexity index is 427. The molecule has 0 amide bonds. The maximum Gasteiger partial charge on any atom is 0.154 e. The molecule has 16 heavy (non-hydrogen) atoms. The van der Waals surface area contributed by atoms with Gasteiger partial charge in [-0.1, -0.05) is 11.6 Å². The van der Waals surface area contributed by atoms with Gasteiger partial charge in [-0.2, -0.15) is 0 Å². The van der Waals surface area contributed by atoms with Crippen LogP contribution in [-0.4, -0.2) is 33.5 Å². The Kier molecular flexibility index (Phi) is 2.13. The molecule has 2 heterocycles. The highest BCUT2D eigenvalue weighted by atomic mass is 35.5. The Hall–Kier alpha value is -0.870. The predicted octanol–water partition coefficient (Wildman–Crippen LogP) is 1.41. The Morgan fingerprint density at radius 2 is 2.25 bits per heavy atom. The quantitative estimate of drug-likeness (QED) is 0.805. The van der Waals surface area contributed by atoms with E-state index >= 15 is 0 Å². The summed E-state index contributed by atoms with van der Waals surface area (Å²) in [6.45, 7) is 2.85. The van der Waals surface area contributed by atoms with Crippen LogP contribution in [0.1, 0.15) is 25.3 Å². The van der Waals surface area contributed by atoms with Gasteiger partial charge >= 0.3 is 0 Å². The molecule has 1 fully saturated rings. The summed E-state index contributed by atoms with van der Waals surface area (Å²) in [5.41, 5.74) is 0.680. The maximum absolute atomic E-state index is 9.75. The first kappa shape index (κ1) is 10.3. The zero-order valence-electron chi connectivity index (χ0n) is 9.15. The van der Waals surface area contributed by atoms with Crippen LogP contribution >= 0.6 is 11.6 Å². The second-order valence-corrected chi connectivity index (χ2v) is 5.41. The molecule has 5 heteroatoms. The fourth-order valence-corrected chi connectivity index (χ4v) is 2.87. The van der Waals surface area contributed by atoms with Gasteiger partial charge in [-0.25, -0.2) is 0 Å². The van der Waals surface area contributed by atoms with Crippen LogP contribution in [0.5, 0.6) is 0 Å². The van der Waals surface area contributed by atoms with Gasteiger partial charge in [0.1, 0.15) is 0 Å². The first-order chi connectivity index (χ1) is 7.55. The highest BCUT2D eigenvalue weighted by molar-refractivity contribution is 6.29. The molecule has 0 bridgehead atoms. The molecule has 1 N–H and O–H groups in total. The van der Waals surface area contributed by atoms with Crippen molar-refractivity contribution in [2.45, 2.75) is 37.8 Å². The van der Waals surface area contributed by atoms with E-state index < -0.39 is 5.60 Å². The van der Waals surface area contributed by atoms with Crippen molar-refractivity contribution in [3.05, 3.63) is 16.8 Å². The maximum atomic E-state index is 9.75. The lowest BCUT2D eigenvalue weighted by Gasteiger charge is -2.46. The van der Waals surface area contributed by atoms with Gasteiger partial charge in [0.15, 0.2) is 11.0 Å². The van der Waals surface area contributed by atoms with Crippen molar-refractivity contribution < 1.29 is 5.11 Å². The van der Waals surface area contributed by atoms with Crippen molar-refractivity contribution in [1.29, 1.82) is 0 Å². The van der Waals surface area contributed by atoms with Gasteiger partial charge in [0.2, 0.25) is 0 Å². The van der Waals surface area contributed by atoms with Gasteiger partial charge in [-0.3, -0.25) is 0 Å². The molecular weight excluding hydrogens is 226 g/mol. The van der Waals surface area contributed by atoms with Crippen molar-refractivity contribution >= 4 is 17.4 Å². The normalized spacial score (nSPS) is 32.4. The fourth-order valence-electron chi connectivity index (χ4n) is 2.70. The smallest absolute Gasteiger partial charge is 0.154 e. The highest BCUT2D eigenvalue weighted by Crippen LogP contribution is 2.40. The lowest BCUT2D eigenvalue weighted by molar-refractivity contribution is -0.0307. The molecular formula is C11H14ClN3O. The molecule has 1 aliphatic carbocycles. The second kappa shape index (κ2) is 3.31. The summed E-state index contributed by atoms with van der Waals surface area (Å²) in [6, 6.07) is 2.30. The molecule has 86 valence electrons. The van der Waals surface area contributed by atoms with Crippen LogP contribution in [0.3, 0.4) is 0 Å². The van der Waals surface area contributed by atoms with Crippen LogP contribution in [-0.2, 0) is 6.42 Å². The van der Waals surface area contributed by atoms with Gasteiger partial charge < -0.3 is 10.0 Å². The zero-order valence-corrected chi connectivity index (χ0v) is 9.91. The van der Waals surface area contributed by atoms with E-state index in [4.69, 9.17) is 11.6 Å². The van der Waals surface area contributed by atoms with E-state index in [1.54, 1.807) is 0 Å². The monoisotopic (exact) mass is 239 g/mol. The summed E-state index contributed by atoms with van der Waals surface area (Å²) in [4.78, 5) is 2.25. The number of anilines is 1. The van der Waals surface area contributed by atoms with Crippen LogP contribution in [0.4, 0.5) is 5.82 Å². The van der Waals surface area contributed by atoms with Crippen LogP contribution < -0.4 is 4.90 Å². The number of halogens is 1. The van der Waals surface area contributed by atoms with Gasteiger partial charge in [-0.15, -0.1) is 10.2 Å². The number of hydrogen-bond donors (Lipinski definition) is 1. The number of hydrogen-bond acceptors (Lipinski definition) is 4.